The van der Waals surface area contributed by atoms with E-state index in [1.807, 2.05) is 54.6 Å². The first kappa shape index (κ1) is 36.0. The number of benzene rings is 4. The van der Waals surface area contributed by atoms with Gasteiger partial charge in [-0.15, -0.1) is 0 Å². The molecule has 6 heteroatoms. The number of carboxylic acid groups (broad SMARTS) is 1. The summed E-state index contributed by atoms with van der Waals surface area (Å²) in [6.07, 6.45) is 16.5. The van der Waals surface area contributed by atoms with Gasteiger partial charge in [-0.1, -0.05) is 125 Å². The van der Waals surface area contributed by atoms with E-state index in [2.05, 4.69) is 31.2 Å². The molecule has 6 nitrogen and oxygen atoms in total. The second kappa shape index (κ2) is 19.1. The Morgan fingerprint density at radius 1 is 0.708 bits per heavy atom. The van der Waals surface area contributed by atoms with Crippen molar-refractivity contribution >= 4 is 29.2 Å². The molecule has 0 aliphatic heterocycles. The summed E-state index contributed by atoms with van der Waals surface area (Å²) in [7, 11) is 0. The van der Waals surface area contributed by atoms with Crippen molar-refractivity contribution in [1.82, 2.24) is 0 Å². The maximum Gasteiger partial charge on any atom is 0.336 e. The zero-order chi connectivity index (χ0) is 34.1. The molecule has 252 valence electrons. The fraction of sp³-hybridized carbons (Fsp3) is 0.333. The van der Waals surface area contributed by atoms with Gasteiger partial charge in [-0.3, -0.25) is 4.79 Å². The number of aromatic carboxylic acids is 1. The number of ether oxygens (including phenoxy) is 1. The number of aryl methyl sites for hydroxylation is 1. The molecule has 0 heterocycles. The molecule has 4 aromatic rings. The van der Waals surface area contributed by atoms with Crippen LogP contribution in [-0.4, -0.2) is 23.5 Å². The largest absolute Gasteiger partial charge is 0.494 e. The second-order valence-corrected chi connectivity index (χ2v) is 12.5. The van der Waals surface area contributed by atoms with Crippen molar-refractivity contribution in [2.45, 2.75) is 84.0 Å². The number of anilines is 2. The number of carbonyl (C=O) groups excluding carboxylic acids is 1. The van der Waals surface area contributed by atoms with Gasteiger partial charge in [0.05, 0.1) is 12.2 Å². The highest BCUT2D eigenvalue weighted by Crippen LogP contribution is 2.25. The zero-order valence-electron chi connectivity index (χ0n) is 28.3. The Balaban J connectivity index is 1.05. The van der Waals surface area contributed by atoms with E-state index in [1.54, 1.807) is 12.1 Å². The lowest BCUT2D eigenvalue weighted by molar-refractivity contribution is 0.0695. The fourth-order valence-corrected chi connectivity index (χ4v) is 5.94. The van der Waals surface area contributed by atoms with Gasteiger partial charge in [0.2, 0.25) is 0 Å². The Kier molecular flexibility index (Phi) is 14.3. The van der Waals surface area contributed by atoms with Gasteiger partial charge in [0.1, 0.15) is 5.75 Å². The fourth-order valence-electron chi connectivity index (χ4n) is 5.94. The highest BCUT2D eigenvalue weighted by molar-refractivity contribution is 6.07. The van der Waals surface area contributed by atoms with Crippen LogP contribution in [0.15, 0.2) is 91.0 Å². The Morgan fingerprint density at radius 3 is 1.90 bits per heavy atom. The van der Waals surface area contributed by atoms with Crippen LogP contribution in [0.5, 0.6) is 5.75 Å². The van der Waals surface area contributed by atoms with Crippen LogP contribution in [-0.2, 0) is 12.8 Å². The highest BCUT2D eigenvalue weighted by Gasteiger charge is 2.14. The summed E-state index contributed by atoms with van der Waals surface area (Å²) in [5.41, 5.74) is 18.8. The lowest BCUT2D eigenvalue weighted by Crippen LogP contribution is -2.07. The van der Waals surface area contributed by atoms with Gasteiger partial charge >= 0.3 is 5.97 Å². The van der Waals surface area contributed by atoms with Gasteiger partial charge in [0.25, 0.3) is 0 Å². The van der Waals surface area contributed by atoms with E-state index in [0.717, 1.165) is 67.4 Å². The van der Waals surface area contributed by atoms with E-state index in [1.165, 1.54) is 37.3 Å². The molecule has 0 radical (unpaired) electrons. The predicted octanol–water partition coefficient (Wildman–Crippen LogP) is 10.2. The van der Waals surface area contributed by atoms with Crippen molar-refractivity contribution in [2.75, 3.05) is 18.1 Å². The van der Waals surface area contributed by atoms with E-state index in [0.29, 0.717) is 35.5 Å². The van der Waals surface area contributed by atoms with Crippen molar-refractivity contribution in [1.29, 1.82) is 0 Å². The smallest absolute Gasteiger partial charge is 0.336 e. The van der Waals surface area contributed by atoms with E-state index in [9.17, 15) is 14.7 Å². The van der Waals surface area contributed by atoms with Crippen LogP contribution in [0.25, 0.3) is 17.2 Å². The third-order valence-corrected chi connectivity index (χ3v) is 8.68. The van der Waals surface area contributed by atoms with Crippen LogP contribution >= 0.6 is 0 Å². The Labute approximate surface area is 285 Å². The lowest BCUT2D eigenvalue weighted by Gasteiger charge is -2.11. The topological polar surface area (TPSA) is 116 Å². The summed E-state index contributed by atoms with van der Waals surface area (Å²) in [6, 6.07) is 27.4. The molecule has 0 aliphatic carbocycles. The lowest BCUT2D eigenvalue weighted by atomic mass is 9.98. The standard InChI is InChI=1S/C42H50N2O4/c1-2-12-31-14-19-33(20-15-31)34-21-23-35(24-22-34)41(45)27-18-32-16-25-37(26-17-32)48-28-11-9-7-5-3-4-6-8-10-13-38-39(42(46)47)29-36(43)30-40(38)44/h14-27,29-30H,2-13,28,43-44H2,1H3,(H,46,47)/b27-18+. The zero-order valence-corrected chi connectivity index (χ0v) is 28.3. The number of nitrogens with two attached hydrogens (primary N) is 2. The number of rotatable bonds is 20. The minimum Gasteiger partial charge on any atom is -0.494 e. The van der Waals surface area contributed by atoms with Crippen molar-refractivity contribution in [3.8, 4) is 16.9 Å². The molecule has 5 N–H and O–H groups in total. The number of carbonyl (C=O) groups is 2. The average Bonchev–Trinajstić information content (AvgIpc) is 3.09. The third kappa shape index (κ3) is 11.4. The summed E-state index contributed by atoms with van der Waals surface area (Å²) in [4.78, 5) is 24.2. The normalized spacial score (nSPS) is 11.2. The molecular formula is C42H50N2O4. The van der Waals surface area contributed by atoms with Gasteiger partial charge < -0.3 is 21.3 Å². The minimum absolute atomic E-state index is 0.0174. The van der Waals surface area contributed by atoms with Gasteiger partial charge in [-0.05, 0) is 83.8 Å². The molecule has 0 spiro atoms. The van der Waals surface area contributed by atoms with E-state index < -0.39 is 5.97 Å². The minimum atomic E-state index is -0.979. The van der Waals surface area contributed by atoms with Crippen LogP contribution in [0, 0.1) is 0 Å². The second-order valence-electron chi connectivity index (χ2n) is 12.5. The van der Waals surface area contributed by atoms with Crippen molar-refractivity contribution < 1.29 is 19.4 Å². The summed E-state index contributed by atoms with van der Waals surface area (Å²) in [5.74, 6) is -0.156. The SMILES string of the molecule is CCCc1ccc(-c2ccc(C(=O)/C=C/c3ccc(OCCCCCCCCCCCc4c(N)cc(N)cc4C(=O)O)cc3)cc2)cc1. The molecule has 0 saturated carbocycles. The monoisotopic (exact) mass is 646 g/mol. The number of allylic oxidation sites excluding steroid dienone is 1. The molecule has 0 bridgehead atoms. The van der Waals surface area contributed by atoms with Crippen molar-refractivity contribution in [3.05, 3.63) is 119 Å². The predicted molar refractivity (Wildman–Crippen MR) is 199 cm³/mol. The molecule has 4 aromatic carbocycles. The van der Waals surface area contributed by atoms with E-state index in [4.69, 9.17) is 16.2 Å². The van der Waals surface area contributed by atoms with Crippen molar-refractivity contribution in [2.24, 2.45) is 0 Å². The number of nitrogen functional groups attached to an aromatic ring is 2. The van der Waals surface area contributed by atoms with Crippen LogP contribution in [0.2, 0.25) is 0 Å². The van der Waals surface area contributed by atoms with Crippen LogP contribution in [0.3, 0.4) is 0 Å². The van der Waals surface area contributed by atoms with Gasteiger partial charge in [0.15, 0.2) is 5.78 Å². The quantitative estimate of drug-likeness (QED) is 0.0381. The highest BCUT2D eigenvalue weighted by atomic mass is 16.5. The van der Waals surface area contributed by atoms with Gasteiger partial charge in [-0.2, -0.15) is 0 Å². The Hall–Kier alpha value is -4.84. The first-order valence-corrected chi connectivity index (χ1v) is 17.4. The number of hydrogen-bond donors (Lipinski definition) is 3. The molecule has 0 fully saturated rings. The molecule has 0 saturated heterocycles. The van der Waals surface area contributed by atoms with Gasteiger partial charge in [-0.25, -0.2) is 4.79 Å². The summed E-state index contributed by atoms with van der Waals surface area (Å²) in [6.45, 7) is 2.88. The number of ketones is 1. The molecule has 4 rings (SSSR count). The maximum absolute atomic E-state index is 12.7. The Bertz CT molecular complexity index is 1620. The van der Waals surface area contributed by atoms with E-state index in [-0.39, 0.29) is 11.3 Å². The number of hydrogen-bond acceptors (Lipinski definition) is 5. The van der Waals surface area contributed by atoms with Crippen LogP contribution < -0.4 is 16.2 Å². The summed E-state index contributed by atoms with van der Waals surface area (Å²) in [5, 5.41) is 9.43. The number of unbranched alkanes of at least 4 members (excludes halogenated alkanes) is 8. The molecule has 48 heavy (non-hydrogen) atoms. The van der Waals surface area contributed by atoms with Crippen LogP contribution in [0.4, 0.5) is 11.4 Å². The molecule has 0 aliphatic rings. The van der Waals surface area contributed by atoms with Gasteiger partial charge in [0, 0.05) is 16.9 Å². The summed E-state index contributed by atoms with van der Waals surface area (Å²) < 4.78 is 5.93. The maximum atomic E-state index is 12.7. The summed E-state index contributed by atoms with van der Waals surface area (Å²) >= 11 is 0. The molecule has 0 aromatic heterocycles. The molecule has 0 unspecified atom stereocenters. The first-order chi connectivity index (χ1) is 23.3. The average molecular weight is 647 g/mol. The molecular weight excluding hydrogens is 596 g/mol. The van der Waals surface area contributed by atoms with Crippen LogP contribution in [0.1, 0.15) is 109 Å². The Morgan fingerprint density at radius 2 is 1.29 bits per heavy atom. The number of carboxylic acids is 1. The first-order valence-electron chi connectivity index (χ1n) is 17.4. The third-order valence-electron chi connectivity index (χ3n) is 8.68. The molecule has 0 atom stereocenters. The van der Waals surface area contributed by atoms with E-state index >= 15 is 0 Å². The van der Waals surface area contributed by atoms with Crippen molar-refractivity contribution in [3.63, 3.8) is 0 Å². The molecule has 0 amide bonds.